The van der Waals surface area contributed by atoms with Gasteiger partial charge in [0.1, 0.15) is 5.82 Å². The monoisotopic (exact) mass is 266 g/mol. The van der Waals surface area contributed by atoms with Crippen molar-refractivity contribution in [3.63, 3.8) is 0 Å². The van der Waals surface area contributed by atoms with Crippen molar-refractivity contribution in [1.82, 2.24) is 9.97 Å². The Morgan fingerprint density at radius 2 is 2.00 bits per heavy atom. The molecule has 0 aliphatic carbocycles. The van der Waals surface area contributed by atoms with E-state index in [2.05, 4.69) is 25.9 Å². The van der Waals surface area contributed by atoms with Gasteiger partial charge in [-0.15, -0.1) is 0 Å². The fraction of sp³-hybridized carbons (Fsp3) is 0.182. The van der Waals surface area contributed by atoms with Gasteiger partial charge in [-0.2, -0.15) is 0 Å². The van der Waals surface area contributed by atoms with Gasteiger partial charge >= 0.3 is 0 Å². The number of aromatic nitrogens is 2. The van der Waals surface area contributed by atoms with Gasteiger partial charge in [0.25, 0.3) is 0 Å². The second-order valence-corrected chi connectivity index (χ2v) is 4.14. The summed E-state index contributed by atoms with van der Waals surface area (Å²) in [5.41, 5.74) is 2.07. The second-order valence-electron chi connectivity index (χ2n) is 3.22. The Hall–Kier alpha value is -1.13. The zero-order valence-corrected chi connectivity index (χ0v) is 9.66. The molecule has 0 amide bonds. The minimum atomic E-state index is 0.118. The first-order valence-corrected chi connectivity index (χ1v) is 5.49. The average Bonchev–Trinajstić information content (AvgIpc) is 2.68. The molecule has 0 radical (unpaired) electrons. The number of aliphatic hydroxyl groups is 1. The fourth-order valence-corrected chi connectivity index (χ4v) is 1.64. The van der Waals surface area contributed by atoms with Gasteiger partial charge in [0.15, 0.2) is 0 Å². The summed E-state index contributed by atoms with van der Waals surface area (Å²) in [5.74, 6) is 0.815. The van der Waals surface area contributed by atoms with E-state index in [1.807, 2.05) is 24.3 Å². The lowest BCUT2D eigenvalue weighted by Crippen LogP contribution is -1.92. The van der Waals surface area contributed by atoms with Gasteiger partial charge in [0, 0.05) is 10.9 Å². The predicted molar refractivity (Wildman–Crippen MR) is 62.5 cm³/mol. The molecule has 4 heteroatoms. The molecule has 0 bridgehead atoms. The zero-order valence-electron chi connectivity index (χ0n) is 8.07. The molecule has 0 aliphatic heterocycles. The van der Waals surface area contributed by atoms with Crippen LogP contribution in [0.4, 0.5) is 0 Å². The van der Waals surface area contributed by atoms with Crippen LogP contribution in [0.5, 0.6) is 0 Å². The molecule has 3 nitrogen and oxygen atoms in total. The highest BCUT2D eigenvalue weighted by molar-refractivity contribution is 9.10. The van der Waals surface area contributed by atoms with Gasteiger partial charge in [-0.3, -0.25) is 0 Å². The SMILES string of the molecule is OCCc1ncc(-c2ccc(Br)cc2)[nH]1. The summed E-state index contributed by atoms with van der Waals surface area (Å²) in [5, 5.41) is 8.77. The van der Waals surface area contributed by atoms with Crippen molar-refractivity contribution >= 4 is 15.9 Å². The van der Waals surface area contributed by atoms with Crippen LogP contribution in [0, 0.1) is 0 Å². The van der Waals surface area contributed by atoms with Crippen molar-refractivity contribution in [2.24, 2.45) is 0 Å². The molecule has 2 N–H and O–H groups in total. The van der Waals surface area contributed by atoms with Crippen LogP contribution in [0.2, 0.25) is 0 Å². The van der Waals surface area contributed by atoms with Gasteiger partial charge in [-0.1, -0.05) is 28.1 Å². The molecular weight excluding hydrogens is 256 g/mol. The van der Waals surface area contributed by atoms with Gasteiger partial charge in [-0.25, -0.2) is 4.98 Å². The third-order valence-electron chi connectivity index (χ3n) is 2.13. The van der Waals surface area contributed by atoms with E-state index in [1.54, 1.807) is 6.20 Å². The number of hydrogen-bond donors (Lipinski definition) is 2. The first kappa shape index (κ1) is 10.4. The van der Waals surface area contributed by atoms with Crippen LogP contribution < -0.4 is 0 Å². The van der Waals surface area contributed by atoms with E-state index in [-0.39, 0.29) is 6.61 Å². The Bertz CT molecular complexity index is 436. The minimum Gasteiger partial charge on any atom is -0.396 e. The molecule has 0 spiro atoms. The molecule has 1 aromatic heterocycles. The first-order valence-electron chi connectivity index (χ1n) is 4.70. The summed E-state index contributed by atoms with van der Waals surface area (Å²) in [6.45, 7) is 0.118. The lowest BCUT2D eigenvalue weighted by molar-refractivity contribution is 0.297. The highest BCUT2D eigenvalue weighted by Crippen LogP contribution is 2.19. The number of H-pyrrole nitrogens is 1. The van der Waals surface area contributed by atoms with Crippen molar-refractivity contribution in [1.29, 1.82) is 0 Å². The van der Waals surface area contributed by atoms with Crippen LogP contribution in [0.15, 0.2) is 34.9 Å². The Labute approximate surface area is 96.3 Å². The number of rotatable bonds is 3. The van der Waals surface area contributed by atoms with E-state index in [4.69, 9.17) is 5.11 Å². The predicted octanol–water partition coefficient (Wildman–Crippen LogP) is 2.37. The molecule has 1 aromatic carbocycles. The normalized spacial score (nSPS) is 10.5. The average molecular weight is 267 g/mol. The highest BCUT2D eigenvalue weighted by Gasteiger charge is 2.02. The maximum Gasteiger partial charge on any atom is 0.108 e. The van der Waals surface area contributed by atoms with Crippen LogP contribution in [-0.2, 0) is 6.42 Å². The first-order chi connectivity index (χ1) is 7.29. The second kappa shape index (κ2) is 4.59. The Kier molecular flexibility index (Phi) is 3.18. The van der Waals surface area contributed by atoms with Gasteiger partial charge in [-0.05, 0) is 17.7 Å². The van der Waals surface area contributed by atoms with Crippen molar-refractivity contribution in [3.8, 4) is 11.3 Å². The Morgan fingerprint density at radius 1 is 1.27 bits per heavy atom. The highest BCUT2D eigenvalue weighted by atomic mass is 79.9. The van der Waals surface area contributed by atoms with Crippen molar-refractivity contribution in [2.75, 3.05) is 6.61 Å². The summed E-state index contributed by atoms with van der Waals surface area (Å²) in [6.07, 6.45) is 2.35. The van der Waals surface area contributed by atoms with Crippen LogP contribution in [0.3, 0.4) is 0 Å². The van der Waals surface area contributed by atoms with E-state index in [0.29, 0.717) is 6.42 Å². The lowest BCUT2D eigenvalue weighted by atomic mass is 10.2. The number of aromatic amines is 1. The molecule has 78 valence electrons. The van der Waals surface area contributed by atoms with E-state index in [0.717, 1.165) is 21.6 Å². The lowest BCUT2D eigenvalue weighted by Gasteiger charge is -1.97. The number of benzene rings is 1. The van der Waals surface area contributed by atoms with Crippen molar-refractivity contribution < 1.29 is 5.11 Å². The summed E-state index contributed by atoms with van der Waals surface area (Å²) in [4.78, 5) is 7.34. The molecule has 15 heavy (non-hydrogen) atoms. The van der Waals surface area contributed by atoms with Crippen LogP contribution in [-0.4, -0.2) is 21.7 Å². The van der Waals surface area contributed by atoms with E-state index in [1.165, 1.54) is 0 Å². The molecule has 2 aromatic rings. The maximum absolute atomic E-state index is 8.77. The molecule has 0 saturated heterocycles. The van der Waals surface area contributed by atoms with Gasteiger partial charge in [0.05, 0.1) is 18.5 Å². The van der Waals surface area contributed by atoms with Crippen LogP contribution >= 0.6 is 15.9 Å². The minimum absolute atomic E-state index is 0.118. The van der Waals surface area contributed by atoms with Crippen molar-refractivity contribution in [3.05, 3.63) is 40.8 Å². The van der Waals surface area contributed by atoms with Gasteiger partial charge in [0.2, 0.25) is 0 Å². The number of nitrogens with one attached hydrogen (secondary N) is 1. The van der Waals surface area contributed by atoms with Gasteiger partial charge < -0.3 is 10.1 Å². The van der Waals surface area contributed by atoms with Crippen LogP contribution in [0.25, 0.3) is 11.3 Å². The third-order valence-corrected chi connectivity index (χ3v) is 2.66. The number of halogens is 1. The molecule has 0 atom stereocenters. The fourth-order valence-electron chi connectivity index (χ4n) is 1.37. The molecular formula is C11H11BrN2O. The Balaban J connectivity index is 2.25. The topological polar surface area (TPSA) is 48.9 Å². The third kappa shape index (κ3) is 2.46. The summed E-state index contributed by atoms with van der Waals surface area (Å²) >= 11 is 3.39. The van der Waals surface area contributed by atoms with Crippen molar-refractivity contribution in [2.45, 2.75) is 6.42 Å². The molecule has 1 heterocycles. The summed E-state index contributed by atoms with van der Waals surface area (Å²) in [6, 6.07) is 8.00. The Morgan fingerprint density at radius 3 is 2.67 bits per heavy atom. The van der Waals surface area contributed by atoms with E-state index < -0.39 is 0 Å². The summed E-state index contributed by atoms with van der Waals surface area (Å²) < 4.78 is 1.06. The molecule has 0 unspecified atom stereocenters. The summed E-state index contributed by atoms with van der Waals surface area (Å²) in [7, 11) is 0. The number of aliphatic hydroxyl groups excluding tert-OH is 1. The smallest absolute Gasteiger partial charge is 0.108 e. The molecule has 0 saturated carbocycles. The standard InChI is InChI=1S/C11H11BrN2O/c12-9-3-1-8(2-4-9)10-7-13-11(14-10)5-6-15/h1-4,7,15H,5-6H2,(H,13,14). The maximum atomic E-state index is 8.77. The number of imidazole rings is 1. The van der Waals surface area contributed by atoms with Crippen LogP contribution in [0.1, 0.15) is 5.82 Å². The number of nitrogens with zero attached hydrogens (tertiary/aromatic N) is 1. The molecule has 0 aliphatic rings. The zero-order chi connectivity index (χ0) is 10.7. The molecule has 2 rings (SSSR count). The molecule has 0 fully saturated rings. The van der Waals surface area contributed by atoms with E-state index in [9.17, 15) is 0 Å². The van der Waals surface area contributed by atoms with E-state index >= 15 is 0 Å². The quantitative estimate of drug-likeness (QED) is 0.896. The largest absolute Gasteiger partial charge is 0.396 e. The number of hydrogen-bond acceptors (Lipinski definition) is 2.